The van der Waals surface area contributed by atoms with E-state index in [1.807, 2.05) is 19.4 Å². The molecule has 90 valence electrons. The van der Waals surface area contributed by atoms with E-state index >= 15 is 0 Å². The molecule has 2 nitrogen and oxygen atoms in total. The van der Waals surface area contributed by atoms with Gasteiger partial charge in [-0.3, -0.25) is 4.98 Å². The Morgan fingerprint density at radius 2 is 2.06 bits per heavy atom. The molecule has 1 aromatic heterocycles. The third-order valence-electron chi connectivity index (χ3n) is 2.75. The van der Waals surface area contributed by atoms with Crippen LogP contribution in [0.4, 0.5) is 0 Å². The lowest BCUT2D eigenvalue weighted by Gasteiger charge is -2.17. The molecule has 1 heterocycles. The number of nitrogens with zero attached hydrogens (tertiary/aromatic N) is 1. The third kappa shape index (κ3) is 4.62. The Hall–Kier alpha value is -0.410. The molecule has 1 N–H and O–H groups in total. The summed E-state index contributed by atoms with van der Waals surface area (Å²) in [5.74, 6) is 0.790. The van der Waals surface area contributed by atoms with Crippen molar-refractivity contribution in [1.82, 2.24) is 10.3 Å². The van der Waals surface area contributed by atoms with Crippen LogP contribution in [0.1, 0.15) is 44.7 Å². The highest BCUT2D eigenvalue weighted by molar-refractivity contribution is 9.10. The van der Waals surface area contributed by atoms with Crippen molar-refractivity contribution in [2.24, 2.45) is 5.92 Å². The van der Waals surface area contributed by atoms with Crippen molar-refractivity contribution < 1.29 is 0 Å². The van der Waals surface area contributed by atoms with Crippen molar-refractivity contribution in [3.05, 3.63) is 28.5 Å². The van der Waals surface area contributed by atoms with Crippen molar-refractivity contribution in [2.75, 3.05) is 7.05 Å². The van der Waals surface area contributed by atoms with E-state index in [2.05, 4.69) is 46.1 Å². The summed E-state index contributed by atoms with van der Waals surface area (Å²) in [4.78, 5) is 4.21. The van der Waals surface area contributed by atoms with Crippen LogP contribution in [0.3, 0.4) is 0 Å². The summed E-state index contributed by atoms with van der Waals surface area (Å²) in [6.07, 6.45) is 7.49. The fraction of sp³-hybridized carbons (Fsp3) is 0.615. The molecule has 1 aromatic rings. The lowest BCUT2D eigenvalue weighted by molar-refractivity contribution is 0.470. The summed E-state index contributed by atoms with van der Waals surface area (Å²) in [5, 5.41) is 3.36. The summed E-state index contributed by atoms with van der Waals surface area (Å²) >= 11 is 3.46. The van der Waals surface area contributed by atoms with Gasteiger partial charge in [0.25, 0.3) is 0 Å². The topological polar surface area (TPSA) is 24.9 Å². The van der Waals surface area contributed by atoms with Gasteiger partial charge in [-0.15, -0.1) is 0 Å². The molecule has 3 heteroatoms. The predicted molar refractivity (Wildman–Crippen MR) is 72.4 cm³/mol. The molecule has 16 heavy (non-hydrogen) atoms. The first-order chi connectivity index (χ1) is 7.63. The quantitative estimate of drug-likeness (QED) is 0.856. The van der Waals surface area contributed by atoms with E-state index in [-0.39, 0.29) is 0 Å². The van der Waals surface area contributed by atoms with Gasteiger partial charge in [0.2, 0.25) is 0 Å². The molecule has 0 fully saturated rings. The van der Waals surface area contributed by atoms with E-state index in [0.717, 1.165) is 10.4 Å². The van der Waals surface area contributed by atoms with Crippen molar-refractivity contribution in [2.45, 2.75) is 39.2 Å². The van der Waals surface area contributed by atoms with Gasteiger partial charge in [0.1, 0.15) is 0 Å². The lowest BCUT2D eigenvalue weighted by atomic mass is 9.99. The maximum Gasteiger partial charge on any atom is 0.0410 e. The van der Waals surface area contributed by atoms with E-state index in [0.29, 0.717) is 6.04 Å². The zero-order valence-corrected chi connectivity index (χ0v) is 11.9. The Labute approximate surface area is 107 Å². The second-order valence-corrected chi connectivity index (χ2v) is 5.52. The molecule has 0 aliphatic carbocycles. The van der Waals surface area contributed by atoms with E-state index in [4.69, 9.17) is 0 Å². The molecule has 0 bridgehead atoms. The number of aromatic nitrogens is 1. The molecule has 0 spiro atoms. The van der Waals surface area contributed by atoms with Crippen LogP contribution in [0.5, 0.6) is 0 Å². The van der Waals surface area contributed by atoms with Crippen LogP contribution >= 0.6 is 15.9 Å². The van der Waals surface area contributed by atoms with Crippen LogP contribution in [-0.2, 0) is 0 Å². The van der Waals surface area contributed by atoms with Gasteiger partial charge in [0.05, 0.1) is 0 Å². The highest BCUT2D eigenvalue weighted by Gasteiger charge is 2.09. The molecule has 0 aliphatic heterocycles. The molecule has 0 saturated carbocycles. The first-order valence-electron chi connectivity index (χ1n) is 5.91. The van der Waals surface area contributed by atoms with E-state index in [1.165, 1.54) is 24.8 Å². The second kappa shape index (κ2) is 7.02. The molecule has 1 atom stereocenters. The minimum atomic E-state index is 0.420. The molecule has 0 aliphatic rings. The third-order valence-corrected chi connectivity index (χ3v) is 3.18. The van der Waals surface area contributed by atoms with Gasteiger partial charge >= 0.3 is 0 Å². The van der Waals surface area contributed by atoms with Crippen molar-refractivity contribution in [3.63, 3.8) is 0 Å². The molecule has 0 aromatic carbocycles. The van der Waals surface area contributed by atoms with Crippen LogP contribution in [0.15, 0.2) is 22.9 Å². The largest absolute Gasteiger partial charge is 0.313 e. The summed E-state index contributed by atoms with van der Waals surface area (Å²) in [6.45, 7) is 4.55. The Bertz CT molecular complexity index is 313. The zero-order valence-electron chi connectivity index (χ0n) is 10.3. The van der Waals surface area contributed by atoms with Gasteiger partial charge in [-0.1, -0.05) is 26.7 Å². The van der Waals surface area contributed by atoms with E-state index in [9.17, 15) is 0 Å². The van der Waals surface area contributed by atoms with Crippen LogP contribution in [0.25, 0.3) is 0 Å². The second-order valence-electron chi connectivity index (χ2n) is 4.60. The molecule has 0 radical (unpaired) electrons. The number of hydrogen-bond donors (Lipinski definition) is 1. The molecule has 0 amide bonds. The number of halogens is 1. The zero-order chi connectivity index (χ0) is 12.0. The highest BCUT2D eigenvalue weighted by Crippen LogP contribution is 2.22. The average Bonchev–Trinajstić information content (AvgIpc) is 2.24. The molecule has 1 unspecified atom stereocenters. The van der Waals surface area contributed by atoms with Crippen molar-refractivity contribution in [3.8, 4) is 0 Å². The number of nitrogens with one attached hydrogen (secondary N) is 1. The highest BCUT2D eigenvalue weighted by atomic mass is 79.9. The molecule has 1 rings (SSSR count). The van der Waals surface area contributed by atoms with Crippen molar-refractivity contribution >= 4 is 15.9 Å². The summed E-state index contributed by atoms with van der Waals surface area (Å²) in [6, 6.07) is 2.56. The SMILES string of the molecule is CNC(CCCC(C)C)c1cncc(Br)c1. The first kappa shape index (κ1) is 13.7. The Morgan fingerprint density at radius 3 is 2.62 bits per heavy atom. The minimum Gasteiger partial charge on any atom is -0.313 e. The van der Waals surface area contributed by atoms with Crippen molar-refractivity contribution in [1.29, 1.82) is 0 Å². The minimum absolute atomic E-state index is 0.420. The number of hydrogen-bond acceptors (Lipinski definition) is 2. The Morgan fingerprint density at radius 1 is 1.31 bits per heavy atom. The van der Waals surface area contributed by atoms with Gasteiger partial charge in [-0.2, -0.15) is 0 Å². The smallest absolute Gasteiger partial charge is 0.0410 e. The van der Waals surface area contributed by atoms with Gasteiger partial charge in [-0.05, 0) is 46.9 Å². The normalized spacial score (nSPS) is 13.1. The first-order valence-corrected chi connectivity index (χ1v) is 6.70. The summed E-state index contributed by atoms with van der Waals surface area (Å²) < 4.78 is 1.05. The summed E-state index contributed by atoms with van der Waals surface area (Å²) in [7, 11) is 2.01. The standard InChI is InChI=1S/C13H21BrN2/c1-10(2)5-4-6-13(15-3)11-7-12(14)9-16-8-11/h7-10,13,15H,4-6H2,1-3H3. The summed E-state index contributed by atoms with van der Waals surface area (Å²) in [5.41, 5.74) is 1.26. The fourth-order valence-corrected chi connectivity index (χ4v) is 2.21. The molecular weight excluding hydrogens is 264 g/mol. The Kier molecular flexibility index (Phi) is 5.99. The van der Waals surface area contributed by atoms with E-state index in [1.54, 1.807) is 0 Å². The number of rotatable bonds is 6. The van der Waals surface area contributed by atoms with Crippen LogP contribution < -0.4 is 5.32 Å². The predicted octanol–water partition coefficient (Wildman–Crippen LogP) is 3.93. The maximum absolute atomic E-state index is 4.21. The molecular formula is C13H21BrN2. The fourth-order valence-electron chi connectivity index (χ4n) is 1.83. The van der Waals surface area contributed by atoms with Gasteiger partial charge in [-0.25, -0.2) is 0 Å². The lowest BCUT2D eigenvalue weighted by Crippen LogP contribution is -2.16. The molecule has 0 saturated heterocycles. The van der Waals surface area contributed by atoms with Crippen LogP contribution in [0.2, 0.25) is 0 Å². The maximum atomic E-state index is 4.21. The Balaban J connectivity index is 2.53. The van der Waals surface area contributed by atoms with Crippen LogP contribution in [0, 0.1) is 5.92 Å². The van der Waals surface area contributed by atoms with Gasteiger partial charge in [0, 0.05) is 22.9 Å². The van der Waals surface area contributed by atoms with Gasteiger partial charge < -0.3 is 5.32 Å². The van der Waals surface area contributed by atoms with Gasteiger partial charge in [0.15, 0.2) is 0 Å². The van der Waals surface area contributed by atoms with E-state index < -0.39 is 0 Å². The number of pyridine rings is 1. The van der Waals surface area contributed by atoms with Crippen LogP contribution in [-0.4, -0.2) is 12.0 Å². The monoisotopic (exact) mass is 284 g/mol. The average molecular weight is 285 g/mol.